The first-order valence-electron chi connectivity index (χ1n) is 14.8. The zero-order valence-electron chi connectivity index (χ0n) is 26.7. The first kappa shape index (κ1) is 26.8. The molecule has 1 radical (unpaired) electrons. The molecule has 6 rings (SSSR count). The van der Waals surface area contributed by atoms with E-state index < -0.39 is 14.9 Å². The zero-order valence-corrected chi connectivity index (χ0v) is 27.9. The Morgan fingerprint density at radius 2 is 1.78 bits per heavy atom. The van der Waals surface area contributed by atoms with Gasteiger partial charge in [0.2, 0.25) is 0 Å². The molecule has 6 aromatic rings. The predicted octanol–water partition coefficient (Wildman–Crippen LogP) is 9.58. The van der Waals surface area contributed by atoms with Gasteiger partial charge in [0.1, 0.15) is 5.82 Å². The largest absolute Gasteiger partial charge is 0.305 e. The van der Waals surface area contributed by atoms with E-state index in [0.717, 1.165) is 37.3 Å². The monoisotopic (exact) mass is 756 g/mol. The van der Waals surface area contributed by atoms with Crippen LogP contribution in [0.5, 0.6) is 0 Å². The minimum atomic E-state index is -2.08. The van der Waals surface area contributed by atoms with Crippen molar-refractivity contribution < 1.29 is 28.6 Å². The van der Waals surface area contributed by atoms with Crippen molar-refractivity contribution in [3.05, 3.63) is 114 Å². The van der Waals surface area contributed by atoms with Gasteiger partial charge in [0.25, 0.3) is 0 Å². The first-order valence-corrected chi connectivity index (χ1v) is 17.6. The van der Waals surface area contributed by atoms with Crippen molar-refractivity contribution in [3.8, 4) is 22.5 Å². The molecule has 0 aliphatic carbocycles. The Morgan fingerprint density at radius 3 is 2.44 bits per heavy atom. The third kappa shape index (κ3) is 6.90. The van der Waals surface area contributed by atoms with Crippen molar-refractivity contribution in [3.63, 3.8) is 0 Å². The summed E-state index contributed by atoms with van der Waals surface area (Å²) in [6.07, 6.45) is 3.76. The molecule has 0 saturated carbocycles. The minimum absolute atomic E-state index is 0. The summed E-state index contributed by atoms with van der Waals surface area (Å²) >= 11 is 1.60. The molecule has 3 aromatic heterocycles. The van der Waals surface area contributed by atoms with Gasteiger partial charge in [-0.05, 0) is 45.4 Å². The van der Waals surface area contributed by atoms with Crippen molar-refractivity contribution >= 4 is 44.8 Å². The number of halogens is 1. The van der Waals surface area contributed by atoms with Gasteiger partial charge in [-0.2, -0.15) is 11.3 Å². The van der Waals surface area contributed by atoms with Crippen LogP contribution in [-0.2, 0) is 20.1 Å². The number of fused-ring (bicyclic) bond motifs is 3. The first-order chi connectivity index (χ1) is 20.3. The molecule has 211 valence electrons. The number of benzene rings is 3. The van der Waals surface area contributed by atoms with Gasteiger partial charge in [0, 0.05) is 46.7 Å². The molecular formula is C35H33FIrN2SSi-2. The second kappa shape index (κ2) is 12.9. The Labute approximate surface area is 265 Å². The number of pyridine rings is 2. The normalized spacial score (nSPS) is 12.7. The molecule has 0 amide bonds. The number of hydrogen-bond donors (Lipinski definition) is 0. The van der Waals surface area contributed by atoms with E-state index in [1.54, 1.807) is 29.5 Å². The van der Waals surface area contributed by atoms with Crippen LogP contribution in [0.1, 0.15) is 35.0 Å². The molecule has 0 fully saturated rings. The fourth-order valence-electron chi connectivity index (χ4n) is 4.46. The van der Waals surface area contributed by atoms with Crippen molar-refractivity contribution in [1.82, 2.24) is 9.97 Å². The molecule has 41 heavy (non-hydrogen) atoms. The molecule has 3 heterocycles. The maximum atomic E-state index is 14.2. The second-order valence-corrected chi connectivity index (χ2v) is 17.2. The van der Waals surface area contributed by atoms with Gasteiger partial charge in [0.15, 0.2) is 0 Å². The van der Waals surface area contributed by atoms with Crippen LogP contribution in [0.2, 0.25) is 19.6 Å². The van der Waals surface area contributed by atoms with Crippen LogP contribution in [-0.4, -0.2) is 18.0 Å². The van der Waals surface area contributed by atoms with E-state index in [4.69, 9.17) is 4.11 Å². The van der Waals surface area contributed by atoms with Crippen molar-refractivity contribution in [2.75, 3.05) is 0 Å². The molecule has 0 saturated heterocycles. The van der Waals surface area contributed by atoms with E-state index in [-0.39, 0.29) is 25.9 Å². The summed E-state index contributed by atoms with van der Waals surface area (Å²) in [4.78, 5) is 8.99. The van der Waals surface area contributed by atoms with Crippen LogP contribution in [0.4, 0.5) is 4.39 Å². The summed E-state index contributed by atoms with van der Waals surface area (Å²) in [6.45, 7) is 9.09. The fraction of sp³-hybridized carbons (Fsp3) is 0.200. The number of nitrogens with zero attached hydrogens (tertiary/aromatic N) is 2. The summed E-state index contributed by atoms with van der Waals surface area (Å²) in [6, 6.07) is 28.5. The number of thiophene rings is 1. The molecule has 2 nitrogen and oxygen atoms in total. The van der Waals surface area contributed by atoms with Crippen LogP contribution >= 0.6 is 11.3 Å². The van der Waals surface area contributed by atoms with E-state index in [1.807, 2.05) is 42.7 Å². The quantitative estimate of drug-likeness (QED) is 0.132. The fourth-order valence-corrected chi connectivity index (χ4v) is 6.72. The average Bonchev–Trinajstić information content (AvgIpc) is 3.37. The third-order valence-electron chi connectivity index (χ3n) is 6.83. The molecule has 0 unspecified atom stereocenters. The van der Waals surface area contributed by atoms with E-state index in [9.17, 15) is 4.39 Å². The van der Waals surface area contributed by atoms with Crippen molar-refractivity contribution in [1.29, 1.82) is 0 Å². The summed E-state index contributed by atoms with van der Waals surface area (Å²) in [5.74, 6) is 0.269. The van der Waals surface area contributed by atoms with E-state index >= 15 is 0 Å². The number of aryl methyl sites for hydroxylation is 1. The molecule has 0 aliphatic heterocycles. The topological polar surface area (TPSA) is 25.8 Å². The summed E-state index contributed by atoms with van der Waals surface area (Å²) in [7, 11) is -1.34. The number of rotatable bonds is 4. The van der Waals surface area contributed by atoms with Gasteiger partial charge in [-0.3, -0.25) is 0 Å². The Kier molecular flexibility index (Phi) is 8.43. The Hall–Kier alpha value is -3.02. The van der Waals surface area contributed by atoms with Gasteiger partial charge in [-0.1, -0.05) is 75.6 Å². The van der Waals surface area contributed by atoms with Crippen LogP contribution < -0.4 is 5.19 Å². The van der Waals surface area contributed by atoms with Gasteiger partial charge in [0.05, 0.1) is 8.07 Å². The van der Waals surface area contributed by atoms with E-state index in [1.165, 1.54) is 22.9 Å². The predicted molar refractivity (Wildman–Crippen MR) is 172 cm³/mol. The van der Waals surface area contributed by atoms with Crippen molar-refractivity contribution in [2.24, 2.45) is 0 Å². The number of aromatic nitrogens is 2. The molecule has 0 atom stereocenters. The van der Waals surface area contributed by atoms with Crippen molar-refractivity contribution in [2.45, 2.75) is 46.3 Å². The Bertz CT molecular complexity index is 1820. The van der Waals surface area contributed by atoms with Crippen LogP contribution in [0, 0.1) is 24.8 Å². The van der Waals surface area contributed by atoms with Gasteiger partial charge in [-0.15, -0.1) is 59.2 Å². The smallest absolute Gasteiger partial charge is 0.130 e. The maximum Gasteiger partial charge on any atom is 0.130 e. The average molecular weight is 756 g/mol. The van der Waals surface area contributed by atoms with Gasteiger partial charge < -0.3 is 9.97 Å². The molecule has 0 spiro atoms. The molecule has 3 aromatic carbocycles. The zero-order chi connectivity index (χ0) is 30.9. The molecule has 0 aliphatic rings. The van der Waals surface area contributed by atoms with Gasteiger partial charge in [-0.25, -0.2) is 4.39 Å². The number of hydrogen-bond acceptors (Lipinski definition) is 3. The summed E-state index contributed by atoms with van der Waals surface area (Å²) in [5.41, 5.74) is 5.04. The molecular weight excluding hydrogens is 720 g/mol. The summed E-state index contributed by atoms with van der Waals surface area (Å²) < 4.78 is 38.3. The standard InChI is InChI=1S/C20H15FNS.C15H18NSi.Ir/c1-12(2)13-9-10-22-17(11-13)14-5-3-6-15-19-16(21)7-4-8-18(19)23-20(14)15;1-12-5-7-13(8-6-12)15-10-9-14(11-16-15)17(2,3)4;/h3-4,6-12H,1-2H3;5-7,9-11H,1-4H3;/q2*-1;/i;1D3;. The van der Waals surface area contributed by atoms with Gasteiger partial charge >= 0.3 is 0 Å². The Balaban J connectivity index is 0.000000199. The molecule has 0 N–H and O–H groups in total. The SMILES string of the molecule is CC(C)c1ccnc(-c2[c-]ccc3c2sc2cccc(F)c23)c1.[2H]C([2H])([2H])c1c[c-]c(-c2ccc([Si](C)(C)C)cn2)cc1.[Ir]. The van der Waals surface area contributed by atoms with E-state index in [2.05, 4.69) is 67.7 Å². The molecule has 0 bridgehead atoms. The maximum absolute atomic E-state index is 14.2. The Morgan fingerprint density at radius 1 is 0.951 bits per heavy atom. The van der Waals surface area contributed by atoms with Crippen LogP contribution in [0.15, 0.2) is 85.2 Å². The van der Waals surface area contributed by atoms with Crippen LogP contribution in [0.3, 0.4) is 0 Å². The molecule has 6 heteroatoms. The second-order valence-electron chi connectivity index (χ2n) is 11.1. The van der Waals surface area contributed by atoms with E-state index in [0.29, 0.717) is 16.9 Å². The van der Waals surface area contributed by atoms with Crippen LogP contribution in [0.25, 0.3) is 42.7 Å². The minimum Gasteiger partial charge on any atom is -0.305 e. The third-order valence-corrected chi connectivity index (χ3v) is 10.0. The summed E-state index contributed by atoms with van der Waals surface area (Å²) in [5, 5.41) is 2.94.